The molecule has 0 aliphatic carbocycles. The van der Waals surface area contributed by atoms with Crippen LogP contribution in [0.2, 0.25) is 5.28 Å². The molecule has 68 valence electrons. The summed E-state index contributed by atoms with van der Waals surface area (Å²) >= 11 is 6.83. The lowest BCUT2D eigenvalue weighted by Gasteiger charge is -1.94. The SMILES string of the molecule is N#Cc1cccc(-c2nc(Cl)ns2)c1. The van der Waals surface area contributed by atoms with E-state index in [0.29, 0.717) is 5.56 Å². The summed E-state index contributed by atoms with van der Waals surface area (Å²) in [6, 6.07) is 9.25. The minimum absolute atomic E-state index is 0.243. The predicted molar refractivity (Wildman–Crippen MR) is 55.1 cm³/mol. The van der Waals surface area contributed by atoms with Gasteiger partial charge in [0.2, 0.25) is 5.28 Å². The number of hydrogen-bond donors (Lipinski definition) is 0. The van der Waals surface area contributed by atoms with Crippen molar-refractivity contribution < 1.29 is 0 Å². The number of aromatic nitrogens is 2. The van der Waals surface area contributed by atoms with Crippen molar-refractivity contribution in [2.75, 3.05) is 0 Å². The maximum Gasteiger partial charge on any atom is 0.234 e. The summed E-state index contributed by atoms with van der Waals surface area (Å²) in [5.74, 6) is 0. The zero-order valence-electron chi connectivity index (χ0n) is 6.94. The Morgan fingerprint density at radius 3 is 2.93 bits per heavy atom. The Morgan fingerprint density at radius 1 is 1.43 bits per heavy atom. The molecule has 0 N–H and O–H groups in total. The highest BCUT2D eigenvalue weighted by Crippen LogP contribution is 2.23. The number of nitrogens with zero attached hydrogens (tertiary/aromatic N) is 3. The minimum Gasteiger partial charge on any atom is -0.205 e. The molecule has 0 atom stereocenters. The molecule has 0 unspecified atom stereocenters. The highest BCUT2D eigenvalue weighted by atomic mass is 35.5. The molecule has 0 spiro atoms. The molecule has 1 aromatic carbocycles. The van der Waals surface area contributed by atoms with E-state index < -0.39 is 0 Å². The van der Waals surface area contributed by atoms with Gasteiger partial charge < -0.3 is 0 Å². The van der Waals surface area contributed by atoms with Crippen LogP contribution < -0.4 is 0 Å². The number of halogens is 1. The molecule has 5 heteroatoms. The second-order valence-electron chi connectivity index (χ2n) is 2.56. The first-order valence-corrected chi connectivity index (χ1v) is 4.94. The van der Waals surface area contributed by atoms with Gasteiger partial charge in [0, 0.05) is 5.56 Å². The third kappa shape index (κ3) is 1.74. The van der Waals surface area contributed by atoms with E-state index in [9.17, 15) is 0 Å². The van der Waals surface area contributed by atoms with Gasteiger partial charge in [0.05, 0.1) is 11.6 Å². The highest BCUT2D eigenvalue weighted by molar-refractivity contribution is 7.09. The number of nitriles is 1. The Labute approximate surface area is 89.8 Å². The normalized spacial score (nSPS) is 9.71. The van der Waals surface area contributed by atoms with E-state index in [-0.39, 0.29) is 5.28 Å². The first kappa shape index (κ1) is 9.13. The van der Waals surface area contributed by atoms with E-state index in [1.165, 1.54) is 11.5 Å². The van der Waals surface area contributed by atoms with Crippen molar-refractivity contribution in [3.63, 3.8) is 0 Å². The van der Waals surface area contributed by atoms with Gasteiger partial charge in [-0.2, -0.15) is 9.64 Å². The zero-order chi connectivity index (χ0) is 9.97. The number of rotatable bonds is 1. The fraction of sp³-hybridized carbons (Fsp3) is 0. The summed E-state index contributed by atoms with van der Waals surface area (Å²) in [5.41, 5.74) is 1.47. The molecule has 2 rings (SSSR count). The summed E-state index contributed by atoms with van der Waals surface area (Å²) < 4.78 is 3.86. The van der Waals surface area contributed by atoms with Crippen LogP contribution in [0.4, 0.5) is 0 Å². The average Bonchev–Trinajstić information content (AvgIpc) is 2.65. The smallest absolute Gasteiger partial charge is 0.205 e. The summed E-state index contributed by atoms with van der Waals surface area (Å²) in [7, 11) is 0. The molecule has 0 saturated heterocycles. The van der Waals surface area contributed by atoms with Gasteiger partial charge in [0.25, 0.3) is 0 Å². The van der Waals surface area contributed by atoms with Crippen LogP contribution in [0.15, 0.2) is 24.3 Å². The van der Waals surface area contributed by atoms with Gasteiger partial charge >= 0.3 is 0 Å². The van der Waals surface area contributed by atoms with E-state index in [1.807, 2.05) is 12.1 Å². The third-order valence-corrected chi connectivity index (χ3v) is 2.67. The molecule has 0 aliphatic heterocycles. The Kier molecular flexibility index (Phi) is 2.44. The molecule has 0 radical (unpaired) electrons. The molecular formula is C9H4ClN3S. The lowest BCUT2D eigenvalue weighted by Crippen LogP contribution is -1.78. The topological polar surface area (TPSA) is 49.6 Å². The van der Waals surface area contributed by atoms with Gasteiger partial charge in [-0.25, -0.2) is 4.98 Å². The van der Waals surface area contributed by atoms with Crippen molar-refractivity contribution >= 4 is 23.1 Å². The van der Waals surface area contributed by atoms with Gasteiger partial charge in [-0.15, -0.1) is 0 Å². The van der Waals surface area contributed by atoms with Gasteiger partial charge in [-0.3, -0.25) is 0 Å². The van der Waals surface area contributed by atoms with Crippen molar-refractivity contribution in [2.45, 2.75) is 0 Å². The molecule has 0 saturated carbocycles. The quantitative estimate of drug-likeness (QED) is 0.744. The van der Waals surface area contributed by atoms with E-state index in [4.69, 9.17) is 16.9 Å². The van der Waals surface area contributed by atoms with Crippen LogP contribution in [0.3, 0.4) is 0 Å². The van der Waals surface area contributed by atoms with Crippen LogP contribution in [-0.2, 0) is 0 Å². The Morgan fingerprint density at radius 2 is 2.29 bits per heavy atom. The standard InChI is InChI=1S/C9H4ClN3S/c10-9-12-8(14-13-9)7-3-1-2-6(4-7)5-11/h1-4H. The Hall–Kier alpha value is -1.44. The fourth-order valence-electron chi connectivity index (χ4n) is 1.04. The first-order valence-electron chi connectivity index (χ1n) is 3.79. The van der Waals surface area contributed by atoms with E-state index >= 15 is 0 Å². The number of hydrogen-bond acceptors (Lipinski definition) is 4. The van der Waals surface area contributed by atoms with Crippen LogP contribution in [0.5, 0.6) is 0 Å². The molecule has 0 bridgehead atoms. The van der Waals surface area contributed by atoms with E-state index in [1.54, 1.807) is 12.1 Å². The molecule has 1 heterocycles. The van der Waals surface area contributed by atoms with Crippen molar-refractivity contribution in [3.05, 3.63) is 35.1 Å². The summed E-state index contributed by atoms with van der Waals surface area (Å²) in [4.78, 5) is 4.02. The lowest BCUT2D eigenvalue weighted by atomic mass is 10.1. The summed E-state index contributed by atoms with van der Waals surface area (Å²) in [5, 5.41) is 9.68. The zero-order valence-corrected chi connectivity index (χ0v) is 8.51. The predicted octanol–water partition coefficient (Wildman–Crippen LogP) is 2.73. The van der Waals surface area contributed by atoms with Gasteiger partial charge in [0.15, 0.2) is 0 Å². The minimum atomic E-state index is 0.243. The lowest BCUT2D eigenvalue weighted by molar-refractivity contribution is 1.33. The van der Waals surface area contributed by atoms with Crippen LogP contribution in [-0.4, -0.2) is 9.36 Å². The third-order valence-electron chi connectivity index (χ3n) is 1.64. The molecule has 2 aromatic rings. The molecule has 0 amide bonds. The highest BCUT2D eigenvalue weighted by Gasteiger charge is 2.04. The maximum absolute atomic E-state index is 8.71. The average molecular weight is 222 g/mol. The van der Waals surface area contributed by atoms with Gasteiger partial charge in [-0.05, 0) is 35.3 Å². The molecule has 0 fully saturated rings. The molecular weight excluding hydrogens is 218 g/mol. The van der Waals surface area contributed by atoms with Crippen LogP contribution >= 0.6 is 23.1 Å². The van der Waals surface area contributed by atoms with Gasteiger partial charge in [0.1, 0.15) is 5.01 Å². The van der Waals surface area contributed by atoms with Gasteiger partial charge in [-0.1, -0.05) is 12.1 Å². The Balaban J connectivity index is 2.47. The molecule has 1 aromatic heterocycles. The molecule has 14 heavy (non-hydrogen) atoms. The second-order valence-corrected chi connectivity index (χ2v) is 3.65. The van der Waals surface area contributed by atoms with E-state index in [0.717, 1.165) is 10.6 Å². The van der Waals surface area contributed by atoms with Crippen molar-refractivity contribution in [3.8, 4) is 16.6 Å². The van der Waals surface area contributed by atoms with Crippen molar-refractivity contribution in [1.82, 2.24) is 9.36 Å². The van der Waals surface area contributed by atoms with Crippen LogP contribution in [0, 0.1) is 11.3 Å². The molecule has 0 aliphatic rings. The number of benzene rings is 1. The largest absolute Gasteiger partial charge is 0.234 e. The van der Waals surface area contributed by atoms with Crippen molar-refractivity contribution in [1.29, 1.82) is 5.26 Å². The summed E-state index contributed by atoms with van der Waals surface area (Å²) in [6.07, 6.45) is 0. The monoisotopic (exact) mass is 221 g/mol. The summed E-state index contributed by atoms with van der Waals surface area (Å²) in [6.45, 7) is 0. The molecule has 3 nitrogen and oxygen atoms in total. The maximum atomic E-state index is 8.71. The first-order chi connectivity index (χ1) is 6.79. The van der Waals surface area contributed by atoms with Crippen molar-refractivity contribution in [2.24, 2.45) is 0 Å². The Bertz CT molecular complexity index is 501. The van der Waals surface area contributed by atoms with E-state index in [2.05, 4.69) is 15.4 Å². The second kappa shape index (κ2) is 3.74. The van der Waals surface area contributed by atoms with Crippen LogP contribution in [0.1, 0.15) is 5.56 Å². The van der Waals surface area contributed by atoms with Crippen LogP contribution in [0.25, 0.3) is 10.6 Å². The fourth-order valence-corrected chi connectivity index (χ4v) is 1.84.